The summed E-state index contributed by atoms with van der Waals surface area (Å²) in [5.74, 6) is 0.186. The molecule has 1 amide bonds. The maximum absolute atomic E-state index is 12.2. The highest BCUT2D eigenvalue weighted by Crippen LogP contribution is 2.36. The lowest BCUT2D eigenvalue weighted by Gasteiger charge is -2.47. The number of rotatable bonds is 4. The Morgan fingerprint density at radius 1 is 1.00 bits per heavy atom. The molecule has 3 heterocycles. The number of carbonyl (C=O) groups excluding carboxylic acids is 1. The number of piperidine rings is 1. The van der Waals surface area contributed by atoms with E-state index in [0.29, 0.717) is 6.04 Å². The molecule has 5 nitrogen and oxygen atoms in total. The second-order valence-electron chi connectivity index (χ2n) is 9.48. The number of benzene rings is 2. The molecule has 6 rings (SSSR count). The van der Waals surface area contributed by atoms with Gasteiger partial charge in [0.2, 0.25) is 5.91 Å². The number of hydrogen-bond acceptors (Lipinski definition) is 3. The van der Waals surface area contributed by atoms with Gasteiger partial charge in [-0.1, -0.05) is 36.4 Å². The average Bonchev–Trinajstić information content (AvgIpc) is 3.54. The van der Waals surface area contributed by atoms with Crippen LogP contribution in [-0.2, 0) is 16.1 Å². The number of morpholine rings is 1. The van der Waals surface area contributed by atoms with Crippen LogP contribution < -0.4 is 0 Å². The molecule has 1 N–H and O–H groups in total. The molecule has 2 aliphatic heterocycles. The molecule has 1 spiro atoms. The molecule has 1 aliphatic carbocycles. The Morgan fingerprint density at radius 2 is 1.77 bits per heavy atom. The van der Waals surface area contributed by atoms with Gasteiger partial charge >= 0.3 is 0 Å². The maximum atomic E-state index is 12.2. The Kier molecular flexibility index (Phi) is 4.62. The molecule has 0 bridgehead atoms. The Labute approximate surface area is 183 Å². The Hall–Kier alpha value is -2.63. The van der Waals surface area contributed by atoms with Gasteiger partial charge < -0.3 is 14.6 Å². The number of H-pyrrole nitrogens is 1. The van der Waals surface area contributed by atoms with Gasteiger partial charge in [-0.05, 0) is 59.9 Å². The standard InChI is InChI=1S/C26H29N3O2/c30-25-17-31-26(18-29(25)23-7-8-23)10-13-28(14-11-26)16-19-1-3-20(4-2-19)22-6-5-21-9-12-27-24(21)15-22/h1-6,9,12,15,23,27H,7-8,10-11,13-14,16-18H2. The van der Waals surface area contributed by atoms with E-state index in [4.69, 9.17) is 4.74 Å². The number of hydrogen-bond donors (Lipinski definition) is 1. The largest absolute Gasteiger partial charge is 0.363 e. The maximum Gasteiger partial charge on any atom is 0.248 e. The first kappa shape index (κ1) is 19.1. The molecular formula is C26H29N3O2. The first-order chi connectivity index (χ1) is 15.2. The van der Waals surface area contributed by atoms with Crippen LogP contribution in [0.5, 0.6) is 0 Å². The van der Waals surface area contributed by atoms with Crippen LogP contribution in [0.2, 0.25) is 0 Å². The molecule has 1 saturated carbocycles. The Bertz CT molecular complexity index is 1090. The summed E-state index contributed by atoms with van der Waals surface area (Å²) in [6.45, 7) is 4.09. The summed E-state index contributed by atoms with van der Waals surface area (Å²) in [7, 11) is 0. The predicted octanol–water partition coefficient (Wildman–Crippen LogP) is 4.19. The molecule has 3 aromatic rings. The summed E-state index contributed by atoms with van der Waals surface area (Å²) in [4.78, 5) is 20.1. The van der Waals surface area contributed by atoms with Gasteiger partial charge in [-0.25, -0.2) is 0 Å². The van der Waals surface area contributed by atoms with E-state index in [2.05, 4.69) is 63.3 Å². The molecule has 3 aliphatic rings. The molecule has 1 aromatic heterocycles. The van der Waals surface area contributed by atoms with Crippen molar-refractivity contribution in [1.29, 1.82) is 0 Å². The van der Waals surface area contributed by atoms with E-state index in [1.807, 2.05) is 6.20 Å². The van der Waals surface area contributed by atoms with E-state index in [9.17, 15) is 4.79 Å². The minimum absolute atomic E-state index is 0.118. The number of nitrogens with zero attached hydrogens (tertiary/aromatic N) is 2. The number of carbonyl (C=O) groups is 1. The molecule has 160 valence electrons. The number of nitrogens with one attached hydrogen (secondary N) is 1. The van der Waals surface area contributed by atoms with Crippen LogP contribution in [0.15, 0.2) is 54.7 Å². The van der Waals surface area contributed by atoms with Crippen molar-refractivity contribution in [2.75, 3.05) is 26.2 Å². The molecule has 0 atom stereocenters. The predicted molar refractivity (Wildman–Crippen MR) is 122 cm³/mol. The van der Waals surface area contributed by atoms with Gasteiger partial charge in [-0.15, -0.1) is 0 Å². The monoisotopic (exact) mass is 415 g/mol. The first-order valence-electron chi connectivity index (χ1n) is 11.5. The van der Waals surface area contributed by atoms with Crippen LogP contribution in [0.3, 0.4) is 0 Å². The second kappa shape index (κ2) is 7.50. The highest BCUT2D eigenvalue weighted by Gasteiger charge is 2.46. The lowest BCUT2D eigenvalue weighted by atomic mass is 9.89. The van der Waals surface area contributed by atoms with E-state index < -0.39 is 0 Å². The zero-order valence-corrected chi connectivity index (χ0v) is 17.8. The van der Waals surface area contributed by atoms with Gasteiger partial charge in [-0.2, -0.15) is 0 Å². The zero-order chi connectivity index (χ0) is 20.8. The van der Waals surface area contributed by atoms with Crippen molar-refractivity contribution in [3.05, 3.63) is 60.3 Å². The highest BCUT2D eigenvalue weighted by atomic mass is 16.5. The van der Waals surface area contributed by atoms with Gasteiger partial charge in [0.05, 0.1) is 12.1 Å². The first-order valence-corrected chi connectivity index (χ1v) is 11.5. The van der Waals surface area contributed by atoms with Crippen LogP contribution in [0, 0.1) is 0 Å². The van der Waals surface area contributed by atoms with Crippen molar-refractivity contribution in [2.24, 2.45) is 0 Å². The average molecular weight is 416 g/mol. The molecule has 5 heteroatoms. The van der Waals surface area contributed by atoms with Gasteiger partial charge in [0.1, 0.15) is 6.61 Å². The van der Waals surface area contributed by atoms with Crippen molar-refractivity contribution in [2.45, 2.75) is 43.9 Å². The second-order valence-corrected chi connectivity index (χ2v) is 9.48. The Morgan fingerprint density at radius 3 is 2.55 bits per heavy atom. The number of fused-ring (bicyclic) bond motifs is 1. The van der Waals surface area contributed by atoms with Crippen LogP contribution in [0.25, 0.3) is 22.0 Å². The van der Waals surface area contributed by atoms with Crippen molar-refractivity contribution in [3.8, 4) is 11.1 Å². The number of amides is 1. The molecule has 0 radical (unpaired) electrons. The highest BCUT2D eigenvalue weighted by molar-refractivity contribution is 5.84. The normalized spacial score (nSPS) is 21.8. The van der Waals surface area contributed by atoms with Crippen LogP contribution in [0.1, 0.15) is 31.2 Å². The fourth-order valence-corrected chi connectivity index (χ4v) is 5.17. The third-order valence-corrected chi connectivity index (χ3v) is 7.28. The summed E-state index contributed by atoms with van der Waals surface area (Å²) < 4.78 is 6.09. The van der Waals surface area contributed by atoms with E-state index in [1.54, 1.807) is 0 Å². The summed E-state index contributed by atoms with van der Waals surface area (Å²) in [6.07, 6.45) is 6.35. The summed E-state index contributed by atoms with van der Waals surface area (Å²) >= 11 is 0. The van der Waals surface area contributed by atoms with Gasteiger partial charge in [-0.3, -0.25) is 9.69 Å². The topological polar surface area (TPSA) is 48.6 Å². The smallest absolute Gasteiger partial charge is 0.248 e. The minimum atomic E-state index is -0.118. The van der Waals surface area contributed by atoms with E-state index >= 15 is 0 Å². The SMILES string of the molecule is O=C1COC2(CCN(Cc3ccc(-c4ccc5cc[nH]c5c4)cc3)CC2)CN1C1CC1. The quantitative estimate of drug-likeness (QED) is 0.695. The van der Waals surface area contributed by atoms with Crippen LogP contribution in [-0.4, -0.2) is 58.6 Å². The third-order valence-electron chi connectivity index (χ3n) is 7.28. The fraction of sp³-hybridized carbons (Fsp3) is 0.423. The van der Waals surface area contributed by atoms with Crippen molar-refractivity contribution >= 4 is 16.8 Å². The number of aromatic nitrogens is 1. The minimum Gasteiger partial charge on any atom is -0.363 e. The zero-order valence-electron chi connectivity index (χ0n) is 17.8. The molecule has 2 aromatic carbocycles. The van der Waals surface area contributed by atoms with E-state index in [0.717, 1.165) is 39.0 Å². The lowest BCUT2D eigenvalue weighted by Crippen LogP contribution is -2.59. The summed E-state index contributed by atoms with van der Waals surface area (Å²) in [6, 6.07) is 18.1. The molecule has 2 saturated heterocycles. The van der Waals surface area contributed by atoms with Crippen molar-refractivity contribution in [1.82, 2.24) is 14.8 Å². The van der Waals surface area contributed by atoms with Crippen LogP contribution >= 0.6 is 0 Å². The molecule has 0 unspecified atom stereocenters. The number of aromatic amines is 1. The Balaban J connectivity index is 1.08. The van der Waals surface area contributed by atoms with Gasteiger partial charge in [0, 0.05) is 37.4 Å². The van der Waals surface area contributed by atoms with Gasteiger partial charge in [0.25, 0.3) is 0 Å². The summed E-state index contributed by atoms with van der Waals surface area (Å²) in [5, 5.41) is 1.25. The molecule has 31 heavy (non-hydrogen) atoms. The lowest BCUT2D eigenvalue weighted by molar-refractivity contribution is -0.172. The number of likely N-dealkylation sites (tertiary alicyclic amines) is 1. The van der Waals surface area contributed by atoms with E-state index in [-0.39, 0.29) is 18.1 Å². The molecular weight excluding hydrogens is 386 g/mol. The summed E-state index contributed by atoms with van der Waals surface area (Å²) in [5.41, 5.74) is 4.90. The number of ether oxygens (including phenoxy) is 1. The van der Waals surface area contributed by atoms with Crippen LogP contribution in [0.4, 0.5) is 0 Å². The fourth-order valence-electron chi connectivity index (χ4n) is 5.17. The molecule has 3 fully saturated rings. The third kappa shape index (κ3) is 3.77. The van der Waals surface area contributed by atoms with Crippen molar-refractivity contribution < 1.29 is 9.53 Å². The van der Waals surface area contributed by atoms with Gasteiger partial charge in [0.15, 0.2) is 0 Å². The van der Waals surface area contributed by atoms with E-state index in [1.165, 1.54) is 40.4 Å². The van der Waals surface area contributed by atoms with Crippen molar-refractivity contribution in [3.63, 3.8) is 0 Å².